The molecule has 2 aliphatic rings. The molecular weight excluding hydrogens is 383 g/mol. The number of halogens is 5. The SMILES string of the molecule is CCCC1CCC(C2CCC(CCc3cc(F)c(C(F)(F)F)c(F)c3)CC2)CC1. The lowest BCUT2D eigenvalue weighted by atomic mass is 9.68. The van der Waals surface area contributed by atoms with Gasteiger partial charge in [0.1, 0.15) is 17.2 Å². The first-order valence-corrected chi connectivity index (χ1v) is 11.3. The highest BCUT2D eigenvalue weighted by molar-refractivity contribution is 5.28. The first-order valence-electron chi connectivity index (χ1n) is 11.3. The van der Waals surface area contributed by atoms with Crippen molar-refractivity contribution in [3.05, 3.63) is 34.9 Å². The standard InChI is InChI=1S/C24H33F5/c1-2-3-16-6-10-19(11-7-16)20-12-8-17(9-13-20)4-5-18-14-21(25)23(22(26)15-18)24(27,28)29/h14-17,19-20H,2-13H2,1H3. The summed E-state index contributed by atoms with van der Waals surface area (Å²) in [4.78, 5) is 0. The highest BCUT2D eigenvalue weighted by atomic mass is 19.4. The van der Waals surface area contributed by atoms with Crippen molar-refractivity contribution in [3.8, 4) is 0 Å². The average molecular weight is 417 g/mol. The first kappa shape index (κ1) is 22.6. The summed E-state index contributed by atoms with van der Waals surface area (Å²) in [6, 6.07) is 1.71. The molecule has 0 atom stereocenters. The molecule has 0 saturated heterocycles. The van der Waals surface area contributed by atoms with Gasteiger partial charge in [-0.3, -0.25) is 0 Å². The van der Waals surface area contributed by atoms with Gasteiger partial charge in [-0.25, -0.2) is 8.78 Å². The minimum atomic E-state index is -5.00. The van der Waals surface area contributed by atoms with Crippen LogP contribution in [0.5, 0.6) is 0 Å². The topological polar surface area (TPSA) is 0 Å². The van der Waals surface area contributed by atoms with Gasteiger partial charge >= 0.3 is 6.18 Å². The van der Waals surface area contributed by atoms with Gasteiger partial charge in [0.15, 0.2) is 0 Å². The molecule has 0 unspecified atom stereocenters. The van der Waals surface area contributed by atoms with E-state index < -0.39 is 23.4 Å². The maximum Gasteiger partial charge on any atom is 0.422 e. The van der Waals surface area contributed by atoms with Crippen molar-refractivity contribution in [2.45, 2.75) is 90.1 Å². The predicted octanol–water partition coefficient (Wildman–Crippen LogP) is 8.33. The van der Waals surface area contributed by atoms with Crippen molar-refractivity contribution >= 4 is 0 Å². The molecule has 0 bridgehead atoms. The van der Waals surface area contributed by atoms with Gasteiger partial charge in [-0.2, -0.15) is 13.2 Å². The maximum absolute atomic E-state index is 13.7. The largest absolute Gasteiger partial charge is 0.422 e. The molecule has 0 spiro atoms. The van der Waals surface area contributed by atoms with E-state index in [-0.39, 0.29) is 0 Å². The molecule has 5 heteroatoms. The molecule has 0 N–H and O–H groups in total. The number of aryl methyl sites for hydroxylation is 1. The number of benzene rings is 1. The van der Waals surface area contributed by atoms with Gasteiger partial charge in [0.05, 0.1) is 0 Å². The Morgan fingerprint density at radius 3 is 1.62 bits per heavy atom. The van der Waals surface area contributed by atoms with Gasteiger partial charge in [-0.05, 0) is 79.9 Å². The van der Waals surface area contributed by atoms with E-state index in [0.29, 0.717) is 17.9 Å². The molecule has 0 aliphatic heterocycles. The van der Waals surface area contributed by atoms with E-state index in [1.54, 1.807) is 0 Å². The quantitative estimate of drug-likeness (QED) is 0.409. The third-order valence-corrected chi connectivity index (χ3v) is 7.37. The van der Waals surface area contributed by atoms with Crippen LogP contribution >= 0.6 is 0 Å². The van der Waals surface area contributed by atoms with Crippen LogP contribution in [0.2, 0.25) is 0 Å². The van der Waals surface area contributed by atoms with Crippen LogP contribution in [0.4, 0.5) is 22.0 Å². The van der Waals surface area contributed by atoms with E-state index in [0.717, 1.165) is 49.1 Å². The Bertz CT molecular complexity index is 627. The van der Waals surface area contributed by atoms with Crippen LogP contribution in [-0.4, -0.2) is 0 Å². The van der Waals surface area contributed by atoms with Gasteiger partial charge in [0.25, 0.3) is 0 Å². The molecule has 0 aromatic heterocycles. The van der Waals surface area contributed by atoms with Gasteiger partial charge in [0.2, 0.25) is 0 Å². The van der Waals surface area contributed by atoms with E-state index in [9.17, 15) is 22.0 Å². The van der Waals surface area contributed by atoms with Crippen molar-refractivity contribution in [2.24, 2.45) is 23.7 Å². The Balaban J connectivity index is 1.45. The molecule has 2 fully saturated rings. The maximum atomic E-state index is 13.7. The molecular formula is C24H33F5. The van der Waals surface area contributed by atoms with Crippen molar-refractivity contribution < 1.29 is 22.0 Å². The fourth-order valence-electron chi connectivity index (χ4n) is 5.72. The second kappa shape index (κ2) is 9.78. The molecule has 29 heavy (non-hydrogen) atoms. The van der Waals surface area contributed by atoms with Crippen LogP contribution in [0.1, 0.15) is 88.7 Å². The number of hydrogen-bond donors (Lipinski definition) is 0. The Hall–Kier alpha value is -1.13. The van der Waals surface area contributed by atoms with Gasteiger partial charge in [-0.15, -0.1) is 0 Å². The summed E-state index contributed by atoms with van der Waals surface area (Å²) in [5, 5.41) is 0. The van der Waals surface area contributed by atoms with Crippen molar-refractivity contribution in [2.75, 3.05) is 0 Å². The summed E-state index contributed by atoms with van der Waals surface area (Å²) in [7, 11) is 0. The molecule has 2 aliphatic carbocycles. The third kappa shape index (κ3) is 5.95. The smallest absolute Gasteiger partial charge is 0.206 e. The number of rotatable bonds is 6. The highest BCUT2D eigenvalue weighted by Gasteiger charge is 2.38. The fraction of sp³-hybridized carbons (Fsp3) is 0.750. The molecule has 0 amide bonds. The van der Waals surface area contributed by atoms with Crippen LogP contribution in [0.25, 0.3) is 0 Å². The average Bonchev–Trinajstić information content (AvgIpc) is 2.66. The van der Waals surface area contributed by atoms with Crippen molar-refractivity contribution in [3.63, 3.8) is 0 Å². The van der Waals surface area contributed by atoms with E-state index in [4.69, 9.17) is 0 Å². The van der Waals surface area contributed by atoms with Crippen LogP contribution < -0.4 is 0 Å². The van der Waals surface area contributed by atoms with Crippen molar-refractivity contribution in [1.29, 1.82) is 0 Å². The molecule has 164 valence electrons. The van der Waals surface area contributed by atoms with Gasteiger partial charge in [-0.1, -0.05) is 45.4 Å². The zero-order valence-electron chi connectivity index (χ0n) is 17.3. The van der Waals surface area contributed by atoms with Crippen LogP contribution in [0.15, 0.2) is 12.1 Å². The highest BCUT2D eigenvalue weighted by Crippen LogP contribution is 2.43. The summed E-state index contributed by atoms with van der Waals surface area (Å²) in [5.74, 6) is 0.106. The molecule has 3 rings (SSSR count). The fourth-order valence-corrected chi connectivity index (χ4v) is 5.72. The Labute approximate surface area is 171 Å². The van der Waals surface area contributed by atoms with Crippen LogP contribution in [-0.2, 0) is 12.6 Å². The summed E-state index contributed by atoms with van der Waals surface area (Å²) in [6.45, 7) is 2.26. The van der Waals surface area contributed by atoms with E-state index >= 15 is 0 Å². The van der Waals surface area contributed by atoms with Gasteiger partial charge < -0.3 is 0 Å². The van der Waals surface area contributed by atoms with Crippen molar-refractivity contribution in [1.82, 2.24) is 0 Å². The van der Waals surface area contributed by atoms with E-state index in [1.807, 2.05) is 0 Å². The monoisotopic (exact) mass is 416 g/mol. The predicted molar refractivity (Wildman–Crippen MR) is 105 cm³/mol. The lowest BCUT2D eigenvalue weighted by Crippen LogP contribution is -2.26. The lowest BCUT2D eigenvalue weighted by molar-refractivity contribution is -0.142. The Kier molecular flexibility index (Phi) is 7.61. The minimum Gasteiger partial charge on any atom is -0.206 e. The Morgan fingerprint density at radius 2 is 1.21 bits per heavy atom. The normalized spacial score (nSPS) is 28.5. The summed E-state index contributed by atoms with van der Waals surface area (Å²) in [5.41, 5.74) is -1.46. The molecule has 0 nitrogen and oxygen atoms in total. The first-order chi connectivity index (χ1) is 13.8. The molecule has 1 aromatic rings. The summed E-state index contributed by atoms with van der Waals surface area (Å²) in [6.07, 6.45) is 9.08. The zero-order valence-corrected chi connectivity index (χ0v) is 17.3. The summed E-state index contributed by atoms with van der Waals surface area (Å²) >= 11 is 0. The molecule has 0 heterocycles. The van der Waals surface area contributed by atoms with Crippen LogP contribution in [0, 0.1) is 35.3 Å². The second-order valence-electron chi connectivity index (χ2n) is 9.32. The second-order valence-corrected chi connectivity index (χ2v) is 9.32. The lowest BCUT2D eigenvalue weighted by Gasteiger charge is -2.38. The van der Waals surface area contributed by atoms with Gasteiger partial charge in [0, 0.05) is 0 Å². The zero-order chi connectivity index (χ0) is 21.0. The van der Waals surface area contributed by atoms with E-state index in [1.165, 1.54) is 51.4 Å². The molecule has 2 saturated carbocycles. The molecule has 0 radical (unpaired) electrons. The van der Waals surface area contributed by atoms with Crippen LogP contribution in [0.3, 0.4) is 0 Å². The van der Waals surface area contributed by atoms with E-state index in [2.05, 4.69) is 6.92 Å². The number of alkyl halides is 3. The minimum absolute atomic E-state index is 0.323. The third-order valence-electron chi connectivity index (χ3n) is 7.37. The Morgan fingerprint density at radius 1 is 0.759 bits per heavy atom. The molecule has 1 aromatic carbocycles. The summed E-state index contributed by atoms with van der Waals surface area (Å²) < 4.78 is 65.6. The number of hydrogen-bond acceptors (Lipinski definition) is 0.